The van der Waals surface area contributed by atoms with Crippen molar-refractivity contribution in [1.82, 2.24) is 5.32 Å². The average molecular weight is 815 g/mol. The van der Waals surface area contributed by atoms with E-state index in [1.54, 1.807) is 6.08 Å². The summed E-state index contributed by atoms with van der Waals surface area (Å²) in [6.07, 6.45) is 45.5. The van der Waals surface area contributed by atoms with Gasteiger partial charge in [0.15, 0.2) is 0 Å². The van der Waals surface area contributed by atoms with Gasteiger partial charge in [-0.2, -0.15) is 0 Å². The Morgan fingerprint density at radius 2 is 0.964 bits per heavy atom. The number of phosphoric ester groups is 1. The number of quaternary nitrogens is 1. The SMILES string of the molecule is CCCCCCCCCCC/C=C/[C@@H](O)[C@H](COP(=O)([O-])OCC[N+](C)(C)C)NC(=O)CCCCCCCCCCCCCCCCCCCCCCCCC. The zero-order valence-electron chi connectivity index (χ0n) is 37.9. The van der Waals surface area contributed by atoms with Crippen molar-refractivity contribution in [2.45, 2.75) is 244 Å². The Morgan fingerprint density at radius 1 is 0.607 bits per heavy atom. The van der Waals surface area contributed by atoms with E-state index in [1.807, 2.05) is 27.2 Å². The van der Waals surface area contributed by atoms with Gasteiger partial charge in [0.1, 0.15) is 13.2 Å². The van der Waals surface area contributed by atoms with Gasteiger partial charge in [-0.25, -0.2) is 0 Å². The maximum absolute atomic E-state index is 12.9. The fourth-order valence-electron chi connectivity index (χ4n) is 7.15. The minimum Gasteiger partial charge on any atom is -0.756 e. The third-order valence-electron chi connectivity index (χ3n) is 11.0. The van der Waals surface area contributed by atoms with E-state index in [2.05, 4.69) is 19.2 Å². The Morgan fingerprint density at radius 3 is 1.34 bits per heavy atom. The van der Waals surface area contributed by atoms with Crippen molar-refractivity contribution < 1.29 is 32.9 Å². The number of hydrogen-bond donors (Lipinski definition) is 2. The molecule has 0 aromatic carbocycles. The molecule has 0 rings (SSSR count). The van der Waals surface area contributed by atoms with E-state index in [1.165, 1.54) is 173 Å². The molecule has 0 saturated heterocycles. The van der Waals surface area contributed by atoms with Crippen LogP contribution in [-0.4, -0.2) is 68.5 Å². The van der Waals surface area contributed by atoms with Gasteiger partial charge in [-0.1, -0.05) is 219 Å². The largest absolute Gasteiger partial charge is 0.756 e. The van der Waals surface area contributed by atoms with E-state index in [0.717, 1.165) is 38.5 Å². The van der Waals surface area contributed by atoms with Gasteiger partial charge in [0.05, 0.1) is 39.9 Å². The molecule has 9 heteroatoms. The molecule has 8 nitrogen and oxygen atoms in total. The van der Waals surface area contributed by atoms with Gasteiger partial charge in [0.25, 0.3) is 7.82 Å². The highest BCUT2D eigenvalue weighted by Crippen LogP contribution is 2.38. The van der Waals surface area contributed by atoms with E-state index >= 15 is 0 Å². The van der Waals surface area contributed by atoms with Gasteiger partial charge < -0.3 is 28.8 Å². The van der Waals surface area contributed by atoms with Crippen molar-refractivity contribution in [2.75, 3.05) is 40.9 Å². The van der Waals surface area contributed by atoms with E-state index < -0.39 is 20.0 Å². The number of aliphatic hydroxyl groups excluding tert-OH is 1. The molecule has 334 valence electrons. The van der Waals surface area contributed by atoms with E-state index in [4.69, 9.17) is 9.05 Å². The van der Waals surface area contributed by atoms with Crippen LogP contribution in [0.3, 0.4) is 0 Å². The molecule has 0 aromatic heterocycles. The Hall–Kier alpha value is -0.760. The molecule has 1 amide bonds. The number of allylic oxidation sites excluding steroid dienone is 1. The second-order valence-electron chi connectivity index (χ2n) is 17.8. The smallest absolute Gasteiger partial charge is 0.268 e. The van der Waals surface area contributed by atoms with Crippen molar-refractivity contribution in [2.24, 2.45) is 0 Å². The number of hydrogen-bond acceptors (Lipinski definition) is 6. The number of rotatable bonds is 44. The van der Waals surface area contributed by atoms with Crippen LogP contribution in [0.4, 0.5) is 0 Å². The number of carbonyl (C=O) groups is 1. The van der Waals surface area contributed by atoms with E-state index in [-0.39, 0.29) is 19.1 Å². The molecule has 0 radical (unpaired) electrons. The van der Waals surface area contributed by atoms with Crippen molar-refractivity contribution in [3.63, 3.8) is 0 Å². The minimum atomic E-state index is -4.58. The van der Waals surface area contributed by atoms with Crippen LogP contribution in [0.25, 0.3) is 0 Å². The molecular formula is C47H95N2O6P. The summed E-state index contributed by atoms with van der Waals surface area (Å²) in [6, 6.07) is -0.879. The van der Waals surface area contributed by atoms with Gasteiger partial charge in [-0.05, 0) is 19.3 Å². The van der Waals surface area contributed by atoms with Gasteiger partial charge in [0, 0.05) is 6.42 Å². The van der Waals surface area contributed by atoms with Crippen LogP contribution in [0, 0.1) is 0 Å². The van der Waals surface area contributed by atoms with Crippen LogP contribution in [0.5, 0.6) is 0 Å². The Kier molecular flexibility index (Phi) is 39.1. The predicted molar refractivity (Wildman–Crippen MR) is 238 cm³/mol. The number of amides is 1. The molecular weight excluding hydrogens is 719 g/mol. The molecule has 0 fully saturated rings. The normalized spacial score (nSPS) is 14.3. The number of unbranched alkanes of at least 4 members (excludes halogenated alkanes) is 31. The van der Waals surface area contributed by atoms with Gasteiger partial charge in [-0.3, -0.25) is 9.36 Å². The first kappa shape index (κ1) is 55.2. The first-order valence-corrected chi connectivity index (χ1v) is 25.5. The van der Waals surface area contributed by atoms with Crippen molar-refractivity contribution in [3.05, 3.63) is 12.2 Å². The average Bonchev–Trinajstić information content (AvgIpc) is 3.15. The maximum Gasteiger partial charge on any atom is 0.268 e. The van der Waals surface area contributed by atoms with Crippen LogP contribution in [0.1, 0.15) is 232 Å². The lowest BCUT2D eigenvalue weighted by Crippen LogP contribution is -2.45. The summed E-state index contributed by atoms with van der Waals surface area (Å²) in [7, 11) is 1.27. The monoisotopic (exact) mass is 815 g/mol. The molecule has 0 aliphatic rings. The number of phosphoric acid groups is 1. The van der Waals surface area contributed by atoms with E-state index in [0.29, 0.717) is 17.4 Å². The Bertz CT molecular complexity index is 927. The highest BCUT2D eigenvalue weighted by atomic mass is 31.2. The van der Waals surface area contributed by atoms with Crippen LogP contribution in [-0.2, 0) is 18.4 Å². The number of likely N-dealkylation sites (N-methyl/N-ethyl adjacent to an activating group) is 1. The summed E-state index contributed by atoms with van der Waals surface area (Å²) in [5.74, 6) is -0.194. The summed E-state index contributed by atoms with van der Waals surface area (Å²) in [6.45, 7) is 4.65. The summed E-state index contributed by atoms with van der Waals surface area (Å²) in [5.41, 5.74) is 0. The number of carbonyl (C=O) groups excluding carboxylic acids is 1. The van der Waals surface area contributed by atoms with Crippen LogP contribution >= 0.6 is 7.82 Å². The number of aliphatic hydroxyl groups is 1. The van der Waals surface area contributed by atoms with Gasteiger partial charge in [-0.15, -0.1) is 0 Å². The fraction of sp³-hybridized carbons (Fsp3) is 0.936. The molecule has 0 aliphatic carbocycles. The molecule has 0 heterocycles. The lowest BCUT2D eigenvalue weighted by Gasteiger charge is -2.29. The molecule has 0 spiro atoms. The molecule has 1 unspecified atom stereocenters. The van der Waals surface area contributed by atoms with Crippen molar-refractivity contribution in [1.29, 1.82) is 0 Å². The Labute approximate surface area is 348 Å². The number of nitrogens with zero attached hydrogens (tertiary/aromatic N) is 1. The highest BCUT2D eigenvalue weighted by Gasteiger charge is 2.23. The molecule has 3 atom stereocenters. The second kappa shape index (κ2) is 39.7. The summed E-state index contributed by atoms with van der Waals surface area (Å²) >= 11 is 0. The third-order valence-corrected chi connectivity index (χ3v) is 12.0. The first-order valence-electron chi connectivity index (χ1n) is 24.1. The minimum absolute atomic E-state index is 0.00202. The zero-order chi connectivity index (χ0) is 41.4. The molecule has 0 bridgehead atoms. The zero-order valence-corrected chi connectivity index (χ0v) is 38.7. The molecule has 0 aliphatic heterocycles. The van der Waals surface area contributed by atoms with E-state index in [9.17, 15) is 19.4 Å². The lowest BCUT2D eigenvalue weighted by atomic mass is 10.0. The van der Waals surface area contributed by atoms with Crippen molar-refractivity contribution in [3.8, 4) is 0 Å². The topological polar surface area (TPSA) is 108 Å². The van der Waals surface area contributed by atoms with Gasteiger partial charge >= 0.3 is 0 Å². The van der Waals surface area contributed by atoms with Crippen LogP contribution in [0.15, 0.2) is 12.2 Å². The maximum atomic E-state index is 12.9. The summed E-state index contributed by atoms with van der Waals surface area (Å²) in [4.78, 5) is 25.3. The summed E-state index contributed by atoms with van der Waals surface area (Å²) < 4.78 is 23.2. The third kappa shape index (κ3) is 41.4. The standard InChI is InChI=1S/C47H95N2O6P/c1-6-8-10-12-14-16-18-19-20-21-22-23-24-25-26-27-28-29-31-33-35-37-39-41-47(51)48-45(44-55-56(52,53)54-43-42-49(3,4)5)46(50)40-38-36-34-32-30-17-15-13-11-9-7-2/h38,40,45-46,50H,6-37,39,41-44H2,1-5H3,(H-,48,51,52,53)/b40-38+/t45-,46+/m0/s1. The molecule has 2 N–H and O–H groups in total. The Balaban J connectivity index is 4.18. The highest BCUT2D eigenvalue weighted by molar-refractivity contribution is 7.45. The van der Waals surface area contributed by atoms with Crippen LogP contribution in [0.2, 0.25) is 0 Å². The fourth-order valence-corrected chi connectivity index (χ4v) is 7.88. The number of nitrogens with one attached hydrogen (secondary N) is 1. The second-order valence-corrected chi connectivity index (χ2v) is 19.2. The van der Waals surface area contributed by atoms with Crippen LogP contribution < -0.4 is 10.2 Å². The predicted octanol–water partition coefficient (Wildman–Crippen LogP) is 12.9. The summed E-state index contributed by atoms with van der Waals surface area (Å²) in [5, 5.41) is 13.8. The lowest BCUT2D eigenvalue weighted by molar-refractivity contribution is -0.870. The van der Waals surface area contributed by atoms with Gasteiger partial charge in [0.2, 0.25) is 5.91 Å². The quantitative estimate of drug-likeness (QED) is 0.0274. The van der Waals surface area contributed by atoms with Crippen molar-refractivity contribution >= 4 is 13.7 Å². The molecule has 0 aromatic rings. The molecule has 0 saturated carbocycles. The first-order chi connectivity index (χ1) is 27.0. The molecule has 56 heavy (non-hydrogen) atoms.